The highest BCUT2D eigenvalue weighted by molar-refractivity contribution is 7.89. The van der Waals surface area contributed by atoms with E-state index in [9.17, 15) is 23.3 Å². The van der Waals surface area contributed by atoms with Crippen LogP contribution in [-0.4, -0.2) is 32.3 Å². The van der Waals surface area contributed by atoms with Crippen LogP contribution in [0.4, 0.5) is 11.4 Å². The minimum atomic E-state index is -4.30. The molecule has 144 valence electrons. The van der Waals surface area contributed by atoms with Gasteiger partial charge in [-0.05, 0) is 44.2 Å². The molecule has 1 amide bonds. The van der Waals surface area contributed by atoms with Gasteiger partial charge in [0.15, 0.2) is 4.90 Å². The molecule has 0 bridgehead atoms. The summed E-state index contributed by atoms with van der Waals surface area (Å²) in [6.45, 7) is 5.67. The van der Waals surface area contributed by atoms with Crippen molar-refractivity contribution in [3.63, 3.8) is 0 Å². The Kier molecular flexibility index (Phi) is 6.48. The lowest BCUT2D eigenvalue weighted by atomic mass is 10.2. The molecule has 2 aromatic rings. The van der Waals surface area contributed by atoms with Crippen LogP contribution < -0.4 is 15.2 Å². The van der Waals surface area contributed by atoms with E-state index in [2.05, 4.69) is 10.3 Å². The van der Waals surface area contributed by atoms with Crippen LogP contribution in [0.3, 0.4) is 0 Å². The standard InChI is InChI=1S/C17H20N4O5S/c1-3-20(4-2)14-11-9-13(10-12-14)17(22)18-19-27(25,26)16-8-6-5-7-15(16)21(23)24/h5-12,19H,3-4H2,1-2H3,(H,18,22). The van der Waals surface area contributed by atoms with Crippen LogP contribution >= 0.6 is 0 Å². The number of benzene rings is 2. The molecular weight excluding hydrogens is 372 g/mol. The molecule has 0 aliphatic rings. The number of sulfonamides is 1. The first-order valence-electron chi connectivity index (χ1n) is 8.20. The van der Waals surface area contributed by atoms with E-state index in [1.165, 1.54) is 12.1 Å². The highest BCUT2D eigenvalue weighted by Crippen LogP contribution is 2.22. The van der Waals surface area contributed by atoms with Crippen LogP contribution in [0.15, 0.2) is 53.4 Å². The van der Waals surface area contributed by atoms with Crippen LogP contribution in [0.25, 0.3) is 0 Å². The number of hydrazine groups is 1. The molecule has 0 radical (unpaired) electrons. The topological polar surface area (TPSA) is 122 Å². The molecule has 0 atom stereocenters. The largest absolute Gasteiger partial charge is 0.372 e. The number of rotatable bonds is 8. The van der Waals surface area contributed by atoms with E-state index >= 15 is 0 Å². The zero-order valence-corrected chi connectivity index (χ0v) is 15.7. The Hall–Kier alpha value is -2.98. The van der Waals surface area contributed by atoms with Crippen LogP contribution in [0.2, 0.25) is 0 Å². The second-order valence-corrected chi connectivity index (χ2v) is 7.15. The van der Waals surface area contributed by atoms with Crippen LogP contribution in [0, 0.1) is 10.1 Å². The third-order valence-electron chi connectivity index (χ3n) is 3.91. The van der Waals surface area contributed by atoms with Gasteiger partial charge in [-0.3, -0.25) is 20.3 Å². The molecule has 0 spiro atoms. The number of carbonyl (C=O) groups excluding carboxylic acids is 1. The van der Waals surface area contributed by atoms with Crippen LogP contribution in [-0.2, 0) is 10.0 Å². The van der Waals surface area contributed by atoms with Gasteiger partial charge in [0.1, 0.15) is 0 Å². The van der Waals surface area contributed by atoms with E-state index in [4.69, 9.17) is 0 Å². The van der Waals surface area contributed by atoms with Gasteiger partial charge in [0.25, 0.3) is 21.6 Å². The van der Waals surface area contributed by atoms with Crippen molar-refractivity contribution in [2.24, 2.45) is 0 Å². The van der Waals surface area contributed by atoms with Crippen molar-refractivity contribution in [2.45, 2.75) is 18.7 Å². The Morgan fingerprint density at radius 2 is 1.67 bits per heavy atom. The molecule has 0 aliphatic heterocycles. The monoisotopic (exact) mass is 392 g/mol. The number of nitro groups is 1. The Labute approximate surface area is 157 Å². The summed E-state index contributed by atoms with van der Waals surface area (Å²) in [6.07, 6.45) is 0. The predicted molar refractivity (Wildman–Crippen MR) is 101 cm³/mol. The minimum absolute atomic E-state index is 0.246. The molecular formula is C17H20N4O5S. The fourth-order valence-corrected chi connectivity index (χ4v) is 3.50. The molecule has 0 saturated heterocycles. The van der Waals surface area contributed by atoms with Crippen molar-refractivity contribution in [3.05, 3.63) is 64.2 Å². The molecule has 10 heteroatoms. The first kappa shape index (κ1) is 20.3. The highest BCUT2D eigenvalue weighted by Gasteiger charge is 2.25. The Morgan fingerprint density at radius 1 is 1.07 bits per heavy atom. The molecule has 9 nitrogen and oxygen atoms in total. The third kappa shape index (κ3) is 4.80. The summed E-state index contributed by atoms with van der Waals surface area (Å²) in [5, 5.41) is 11.0. The molecule has 0 saturated carbocycles. The fourth-order valence-electron chi connectivity index (χ4n) is 2.49. The molecule has 27 heavy (non-hydrogen) atoms. The first-order chi connectivity index (χ1) is 12.8. The van der Waals surface area contributed by atoms with E-state index in [0.29, 0.717) is 0 Å². The molecule has 0 unspecified atom stereocenters. The number of hydrogen-bond acceptors (Lipinski definition) is 6. The zero-order chi connectivity index (χ0) is 20.0. The van der Waals surface area contributed by atoms with Crippen molar-refractivity contribution in [1.82, 2.24) is 10.3 Å². The second kappa shape index (κ2) is 8.60. The summed E-state index contributed by atoms with van der Waals surface area (Å²) < 4.78 is 24.6. The molecule has 0 heterocycles. The summed E-state index contributed by atoms with van der Waals surface area (Å²) in [5.74, 6) is -0.678. The lowest BCUT2D eigenvalue weighted by Gasteiger charge is -2.21. The van der Waals surface area contributed by atoms with Crippen molar-refractivity contribution >= 4 is 27.3 Å². The predicted octanol–water partition coefficient (Wildman–Crippen LogP) is 2.06. The van der Waals surface area contributed by atoms with Crippen molar-refractivity contribution in [1.29, 1.82) is 0 Å². The van der Waals surface area contributed by atoms with Gasteiger partial charge in [0.05, 0.1) is 4.92 Å². The minimum Gasteiger partial charge on any atom is -0.372 e. The number of para-hydroxylation sites is 1. The smallest absolute Gasteiger partial charge is 0.289 e. The number of carbonyl (C=O) groups is 1. The van der Waals surface area contributed by atoms with Gasteiger partial charge in [-0.1, -0.05) is 12.1 Å². The first-order valence-corrected chi connectivity index (χ1v) is 9.69. The number of amides is 1. The fraction of sp³-hybridized carbons (Fsp3) is 0.235. The van der Waals surface area contributed by atoms with Gasteiger partial charge < -0.3 is 4.90 Å². The van der Waals surface area contributed by atoms with E-state index in [0.717, 1.165) is 30.9 Å². The zero-order valence-electron chi connectivity index (χ0n) is 14.9. The molecule has 0 aromatic heterocycles. The van der Waals surface area contributed by atoms with Crippen molar-refractivity contribution in [2.75, 3.05) is 18.0 Å². The number of nitrogens with zero attached hydrogens (tertiary/aromatic N) is 2. The highest BCUT2D eigenvalue weighted by atomic mass is 32.2. The molecule has 2 aromatic carbocycles. The average molecular weight is 392 g/mol. The third-order valence-corrected chi connectivity index (χ3v) is 5.20. The van der Waals surface area contributed by atoms with E-state index in [-0.39, 0.29) is 5.56 Å². The van der Waals surface area contributed by atoms with Gasteiger partial charge in [-0.25, -0.2) is 8.42 Å². The number of nitro benzene ring substituents is 1. The van der Waals surface area contributed by atoms with Crippen molar-refractivity contribution < 1.29 is 18.1 Å². The normalized spacial score (nSPS) is 11.0. The second-order valence-electron chi connectivity index (χ2n) is 5.50. The van der Waals surface area contributed by atoms with E-state index in [1.54, 1.807) is 24.3 Å². The Morgan fingerprint density at radius 3 is 2.22 bits per heavy atom. The van der Waals surface area contributed by atoms with Crippen molar-refractivity contribution in [3.8, 4) is 0 Å². The summed E-state index contributed by atoms with van der Waals surface area (Å²) in [5.41, 5.74) is 2.67. The molecule has 2 rings (SSSR count). The van der Waals surface area contributed by atoms with Crippen LogP contribution in [0.5, 0.6) is 0 Å². The van der Waals surface area contributed by atoms with E-state index < -0.39 is 31.4 Å². The summed E-state index contributed by atoms with van der Waals surface area (Å²) >= 11 is 0. The molecule has 0 aliphatic carbocycles. The van der Waals surface area contributed by atoms with E-state index in [1.807, 2.05) is 18.7 Å². The van der Waals surface area contributed by atoms with Gasteiger partial charge in [-0.15, -0.1) is 4.83 Å². The Bertz CT molecular complexity index is 925. The quantitative estimate of drug-likeness (QED) is 0.524. The van der Waals surface area contributed by atoms with Gasteiger partial charge in [0.2, 0.25) is 0 Å². The lowest BCUT2D eigenvalue weighted by molar-refractivity contribution is -0.387. The van der Waals surface area contributed by atoms with Crippen LogP contribution in [0.1, 0.15) is 24.2 Å². The Balaban J connectivity index is 2.12. The molecule has 0 fully saturated rings. The number of anilines is 1. The number of hydrogen-bond donors (Lipinski definition) is 2. The number of nitrogens with one attached hydrogen (secondary N) is 2. The maximum atomic E-state index is 12.3. The SMILES string of the molecule is CCN(CC)c1ccc(C(=O)NNS(=O)(=O)c2ccccc2[N+](=O)[O-])cc1. The summed E-state index contributed by atoms with van der Waals surface area (Å²) in [4.78, 5) is 25.8. The summed E-state index contributed by atoms with van der Waals surface area (Å²) in [6, 6.07) is 11.5. The lowest BCUT2D eigenvalue weighted by Crippen LogP contribution is -2.41. The van der Waals surface area contributed by atoms with Gasteiger partial charge in [-0.2, -0.15) is 0 Å². The van der Waals surface area contributed by atoms with Gasteiger partial charge in [0, 0.05) is 30.4 Å². The summed E-state index contributed by atoms with van der Waals surface area (Å²) in [7, 11) is -4.30. The maximum absolute atomic E-state index is 12.3. The van der Waals surface area contributed by atoms with Gasteiger partial charge >= 0.3 is 0 Å². The maximum Gasteiger partial charge on any atom is 0.289 e. The molecule has 2 N–H and O–H groups in total. The average Bonchev–Trinajstić information content (AvgIpc) is 2.67.